The quantitative estimate of drug-likeness (QED) is 0.535. The highest BCUT2D eigenvalue weighted by molar-refractivity contribution is 6.33. The number of aryl methyl sites for hydroxylation is 1. The fourth-order valence-electron chi connectivity index (χ4n) is 2.81. The Bertz CT molecular complexity index is 938. The van der Waals surface area contributed by atoms with E-state index in [1.54, 1.807) is 24.7 Å². The molecule has 0 radical (unpaired) electrons. The van der Waals surface area contributed by atoms with Crippen LogP contribution < -0.4 is 11.1 Å². The predicted octanol–water partition coefficient (Wildman–Crippen LogP) is 3.80. The number of nitrogens with zero attached hydrogens (tertiary/aromatic N) is 2. The molecule has 3 rings (SSSR count). The van der Waals surface area contributed by atoms with Crippen LogP contribution in [0.5, 0.6) is 0 Å². The SMILES string of the molecule is NCC(O)CCc1cc(-c2cncc(NCc3cccc(F)c3)c2)c(Cl)cn1. The van der Waals surface area contributed by atoms with E-state index in [0.29, 0.717) is 24.4 Å². The third kappa shape index (κ3) is 5.48. The van der Waals surface area contributed by atoms with Crippen molar-refractivity contribution in [1.82, 2.24) is 9.97 Å². The second kappa shape index (κ2) is 9.59. The molecule has 0 saturated carbocycles. The van der Waals surface area contributed by atoms with Gasteiger partial charge in [0.1, 0.15) is 5.82 Å². The number of benzene rings is 1. The maximum atomic E-state index is 13.3. The van der Waals surface area contributed by atoms with Crippen LogP contribution >= 0.6 is 11.6 Å². The van der Waals surface area contributed by atoms with E-state index in [4.69, 9.17) is 17.3 Å². The fourth-order valence-corrected chi connectivity index (χ4v) is 3.02. The highest BCUT2D eigenvalue weighted by Crippen LogP contribution is 2.29. The second-order valence-electron chi connectivity index (χ2n) is 6.53. The van der Waals surface area contributed by atoms with E-state index in [-0.39, 0.29) is 12.4 Å². The van der Waals surface area contributed by atoms with Crippen molar-refractivity contribution in [3.8, 4) is 11.1 Å². The molecule has 0 saturated heterocycles. The van der Waals surface area contributed by atoms with Crippen LogP contribution in [0.2, 0.25) is 5.02 Å². The summed E-state index contributed by atoms with van der Waals surface area (Å²) in [5.41, 5.74) is 9.57. The van der Waals surface area contributed by atoms with Crippen molar-refractivity contribution in [2.45, 2.75) is 25.5 Å². The lowest BCUT2D eigenvalue weighted by Crippen LogP contribution is -2.20. The summed E-state index contributed by atoms with van der Waals surface area (Å²) >= 11 is 6.34. The number of hydrogen-bond donors (Lipinski definition) is 3. The Morgan fingerprint density at radius 1 is 1.18 bits per heavy atom. The molecular formula is C21H22ClFN4O. The molecule has 7 heteroatoms. The molecule has 0 fully saturated rings. The standard InChI is InChI=1S/C21H22ClFN4O/c22-21-13-27-17(4-5-19(28)9-24)8-20(21)15-7-18(12-25-11-15)26-10-14-2-1-3-16(23)6-14/h1-3,6-8,11-13,19,26,28H,4-5,9-10,24H2. The number of halogens is 2. The van der Waals surface area contributed by atoms with Gasteiger partial charge in [-0.1, -0.05) is 23.7 Å². The summed E-state index contributed by atoms with van der Waals surface area (Å²) in [6, 6.07) is 10.3. The number of aliphatic hydroxyl groups is 1. The van der Waals surface area contributed by atoms with Crippen LogP contribution in [0.4, 0.5) is 10.1 Å². The van der Waals surface area contributed by atoms with Crippen molar-refractivity contribution in [3.05, 3.63) is 77.1 Å². The van der Waals surface area contributed by atoms with E-state index >= 15 is 0 Å². The lowest BCUT2D eigenvalue weighted by molar-refractivity contribution is 0.173. The van der Waals surface area contributed by atoms with Crippen molar-refractivity contribution in [2.24, 2.45) is 5.73 Å². The van der Waals surface area contributed by atoms with Gasteiger partial charge in [0.2, 0.25) is 0 Å². The van der Waals surface area contributed by atoms with Gasteiger partial charge in [-0.3, -0.25) is 9.97 Å². The smallest absolute Gasteiger partial charge is 0.123 e. The average molecular weight is 401 g/mol. The molecule has 146 valence electrons. The lowest BCUT2D eigenvalue weighted by atomic mass is 10.0. The zero-order chi connectivity index (χ0) is 19.9. The fraction of sp³-hybridized carbons (Fsp3) is 0.238. The Morgan fingerprint density at radius 2 is 2.04 bits per heavy atom. The van der Waals surface area contributed by atoms with Crippen LogP contribution in [0.15, 0.2) is 55.0 Å². The third-order valence-electron chi connectivity index (χ3n) is 4.35. The van der Waals surface area contributed by atoms with E-state index < -0.39 is 6.10 Å². The molecule has 0 bridgehead atoms. The average Bonchev–Trinajstić information content (AvgIpc) is 2.71. The summed E-state index contributed by atoms with van der Waals surface area (Å²) in [5.74, 6) is -0.262. The van der Waals surface area contributed by atoms with Crippen molar-refractivity contribution >= 4 is 17.3 Å². The van der Waals surface area contributed by atoms with Gasteiger partial charge in [0, 0.05) is 48.5 Å². The van der Waals surface area contributed by atoms with Crippen LogP contribution in [0, 0.1) is 5.82 Å². The molecule has 0 aliphatic rings. The van der Waals surface area contributed by atoms with Crippen LogP contribution in [0.1, 0.15) is 17.7 Å². The monoisotopic (exact) mass is 400 g/mol. The Balaban J connectivity index is 1.75. The molecule has 3 aromatic rings. The van der Waals surface area contributed by atoms with Gasteiger partial charge in [0.05, 0.1) is 16.8 Å². The Labute approximate surface area is 168 Å². The van der Waals surface area contributed by atoms with E-state index in [2.05, 4.69) is 15.3 Å². The van der Waals surface area contributed by atoms with E-state index in [1.807, 2.05) is 18.2 Å². The third-order valence-corrected chi connectivity index (χ3v) is 4.65. The molecule has 1 aromatic carbocycles. The van der Waals surface area contributed by atoms with Gasteiger partial charge in [-0.15, -0.1) is 0 Å². The largest absolute Gasteiger partial charge is 0.392 e. The first kappa shape index (κ1) is 20.2. The Morgan fingerprint density at radius 3 is 2.82 bits per heavy atom. The number of aliphatic hydroxyl groups excluding tert-OH is 1. The molecule has 5 nitrogen and oxygen atoms in total. The zero-order valence-corrected chi connectivity index (χ0v) is 16.0. The molecule has 1 unspecified atom stereocenters. The van der Waals surface area contributed by atoms with Gasteiger partial charge >= 0.3 is 0 Å². The minimum atomic E-state index is -0.544. The summed E-state index contributed by atoms with van der Waals surface area (Å²) in [4.78, 5) is 8.60. The molecule has 2 heterocycles. The lowest BCUT2D eigenvalue weighted by Gasteiger charge is -2.11. The van der Waals surface area contributed by atoms with E-state index in [0.717, 1.165) is 28.1 Å². The summed E-state index contributed by atoms with van der Waals surface area (Å²) in [5, 5.41) is 13.4. The number of pyridine rings is 2. The number of nitrogens with one attached hydrogen (secondary N) is 1. The second-order valence-corrected chi connectivity index (χ2v) is 6.94. The molecule has 2 aromatic heterocycles. The Kier molecular flexibility index (Phi) is 6.92. The predicted molar refractivity (Wildman–Crippen MR) is 110 cm³/mol. The summed E-state index contributed by atoms with van der Waals surface area (Å²) < 4.78 is 13.3. The van der Waals surface area contributed by atoms with Crippen LogP contribution in [-0.4, -0.2) is 27.7 Å². The van der Waals surface area contributed by atoms with Gasteiger partial charge in [0.15, 0.2) is 0 Å². The zero-order valence-electron chi connectivity index (χ0n) is 15.3. The molecular weight excluding hydrogens is 379 g/mol. The molecule has 0 spiro atoms. The highest BCUT2D eigenvalue weighted by Gasteiger charge is 2.09. The van der Waals surface area contributed by atoms with Crippen molar-refractivity contribution in [1.29, 1.82) is 0 Å². The number of anilines is 1. The van der Waals surface area contributed by atoms with Gasteiger partial charge in [-0.05, 0) is 42.7 Å². The normalized spacial score (nSPS) is 12.0. The minimum absolute atomic E-state index is 0.226. The Hall–Kier alpha value is -2.54. The molecule has 0 aliphatic carbocycles. The first-order chi connectivity index (χ1) is 13.5. The van der Waals surface area contributed by atoms with Gasteiger partial charge in [-0.25, -0.2) is 4.39 Å². The summed E-state index contributed by atoms with van der Waals surface area (Å²) in [6.07, 6.45) is 5.64. The number of rotatable bonds is 8. The molecule has 28 heavy (non-hydrogen) atoms. The van der Waals surface area contributed by atoms with Crippen molar-refractivity contribution in [2.75, 3.05) is 11.9 Å². The van der Waals surface area contributed by atoms with Gasteiger partial charge < -0.3 is 16.2 Å². The van der Waals surface area contributed by atoms with Crippen molar-refractivity contribution in [3.63, 3.8) is 0 Å². The topological polar surface area (TPSA) is 84.1 Å². The van der Waals surface area contributed by atoms with Crippen LogP contribution in [-0.2, 0) is 13.0 Å². The van der Waals surface area contributed by atoms with Crippen LogP contribution in [0.3, 0.4) is 0 Å². The maximum absolute atomic E-state index is 13.3. The number of hydrogen-bond acceptors (Lipinski definition) is 5. The molecule has 0 aliphatic heterocycles. The highest BCUT2D eigenvalue weighted by atomic mass is 35.5. The van der Waals surface area contributed by atoms with E-state index in [1.165, 1.54) is 12.1 Å². The summed E-state index contributed by atoms with van der Waals surface area (Å²) in [7, 11) is 0. The number of nitrogens with two attached hydrogens (primary N) is 1. The molecule has 0 amide bonds. The number of aromatic nitrogens is 2. The van der Waals surface area contributed by atoms with Gasteiger partial charge in [-0.2, -0.15) is 0 Å². The van der Waals surface area contributed by atoms with Crippen molar-refractivity contribution < 1.29 is 9.50 Å². The van der Waals surface area contributed by atoms with Crippen LogP contribution in [0.25, 0.3) is 11.1 Å². The molecule has 4 N–H and O–H groups in total. The first-order valence-electron chi connectivity index (χ1n) is 9.01. The molecule has 1 atom stereocenters. The first-order valence-corrected chi connectivity index (χ1v) is 9.39. The van der Waals surface area contributed by atoms with E-state index in [9.17, 15) is 9.50 Å². The van der Waals surface area contributed by atoms with Gasteiger partial charge in [0.25, 0.3) is 0 Å². The summed E-state index contributed by atoms with van der Waals surface area (Å²) in [6.45, 7) is 0.707. The minimum Gasteiger partial charge on any atom is -0.392 e. The maximum Gasteiger partial charge on any atom is 0.123 e.